The van der Waals surface area contributed by atoms with Gasteiger partial charge in [-0.05, 0) is 25.0 Å². The molecule has 2 aliphatic rings. The van der Waals surface area contributed by atoms with Crippen molar-refractivity contribution in [1.82, 2.24) is 5.32 Å². The number of hydrogen-bond acceptors (Lipinski definition) is 3. The smallest absolute Gasteiger partial charge is 0.233 e. The van der Waals surface area contributed by atoms with Crippen molar-refractivity contribution in [2.45, 2.75) is 31.7 Å². The Labute approximate surface area is 99.5 Å². The SMILES string of the molecule is NC(=S)C1(C(=O)NC2CCSC2)CCC1. The maximum Gasteiger partial charge on any atom is 0.233 e. The fraction of sp³-hybridized carbons (Fsp3) is 0.800. The van der Waals surface area contributed by atoms with E-state index in [0.717, 1.165) is 37.2 Å². The number of nitrogens with one attached hydrogen (secondary N) is 1. The van der Waals surface area contributed by atoms with Crippen molar-refractivity contribution in [1.29, 1.82) is 0 Å². The third kappa shape index (κ3) is 1.99. The Kier molecular flexibility index (Phi) is 3.21. The summed E-state index contributed by atoms with van der Waals surface area (Å²) in [5.74, 6) is 2.23. The van der Waals surface area contributed by atoms with Gasteiger partial charge in [-0.25, -0.2) is 0 Å². The summed E-state index contributed by atoms with van der Waals surface area (Å²) in [7, 11) is 0. The van der Waals surface area contributed by atoms with E-state index < -0.39 is 5.41 Å². The van der Waals surface area contributed by atoms with Crippen molar-refractivity contribution in [3.8, 4) is 0 Å². The van der Waals surface area contributed by atoms with Crippen molar-refractivity contribution < 1.29 is 4.79 Å². The predicted molar refractivity (Wildman–Crippen MR) is 66.9 cm³/mol. The lowest BCUT2D eigenvalue weighted by atomic mass is 9.68. The number of carbonyl (C=O) groups excluding carboxylic acids is 1. The summed E-state index contributed by atoms with van der Waals surface area (Å²) in [6.45, 7) is 0. The Balaban J connectivity index is 1.96. The molecule has 5 heteroatoms. The average molecular weight is 244 g/mol. The van der Waals surface area contributed by atoms with Gasteiger partial charge in [0, 0.05) is 11.8 Å². The van der Waals surface area contributed by atoms with E-state index in [1.54, 1.807) is 0 Å². The Hall–Kier alpha value is -0.290. The molecule has 0 radical (unpaired) electrons. The first kappa shape index (κ1) is 11.2. The van der Waals surface area contributed by atoms with Crippen LogP contribution in [0, 0.1) is 5.41 Å². The summed E-state index contributed by atoms with van der Waals surface area (Å²) < 4.78 is 0. The molecule has 84 valence electrons. The van der Waals surface area contributed by atoms with Crippen LogP contribution in [0.2, 0.25) is 0 Å². The van der Waals surface area contributed by atoms with Gasteiger partial charge in [0.15, 0.2) is 0 Å². The van der Waals surface area contributed by atoms with Crippen LogP contribution >= 0.6 is 24.0 Å². The maximum absolute atomic E-state index is 12.1. The van der Waals surface area contributed by atoms with Crippen molar-refractivity contribution in [2.75, 3.05) is 11.5 Å². The van der Waals surface area contributed by atoms with Crippen LogP contribution in [0.4, 0.5) is 0 Å². The molecule has 0 aromatic carbocycles. The Bertz CT molecular complexity index is 283. The first-order valence-corrected chi connectivity index (χ1v) is 6.90. The Morgan fingerprint density at radius 1 is 1.53 bits per heavy atom. The largest absolute Gasteiger partial charge is 0.392 e. The van der Waals surface area contributed by atoms with Crippen LogP contribution in [0.25, 0.3) is 0 Å². The summed E-state index contributed by atoms with van der Waals surface area (Å²) in [4.78, 5) is 12.4. The van der Waals surface area contributed by atoms with Crippen molar-refractivity contribution >= 4 is 34.9 Å². The summed E-state index contributed by atoms with van der Waals surface area (Å²) in [6.07, 6.45) is 3.79. The minimum atomic E-state index is -0.511. The first-order chi connectivity index (χ1) is 7.15. The minimum Gasteiger partial charge on any atom is -0.392 e. The molecule has 0 aromatic rings. The second kappa shape index (κ2) is 4.29. The van der Waals surface area contributed by atoms with Crippen LogP contribution in [0.1, 0.15) is 25.7 Å². The quantitative estimate of drug-likeness (QED) is 0.729. The van der Waals surface area contributed by atoms with Gasteiger partial charge in [-0.15, -0.1) is 0 Å². The van der Waals surface area contributed by atoms with E-state index in [9.17, 15) is 4.79 Å². The molecule has 2 fully saturated rings. The van der Waals surface area contributed by atoms with Crippen LogP contribution in [0.3, 0.4) is 0 Å². The van der Waals surface area contributed by atoms with Crippen molar-refractivity contribution in [3.05, 3.63) is 0 Å². The van der Waals surface area contributed by atoms with Crippen LogP contribution in [0.5, 0.6) is 0 Å². The zero-order chi connectivity index (χ0) is 10.9. The van der Waals surface area contributed by atoms with Crippen LogP contribution in [0.15, 0.2) is 0 Å². The highest BCUT2D eigenvalue weighted by Gasteiger charge is 2.47. The molecule has 1 aliphatic carbocycles. The molecule has 1 atom stereocenters. The molecule has 2 rings (SSSR count). The average Bonchev–Trinajstić information content (AvgIpc) is 2.53. The topological polar surface area (TPSA) is 55.1 Å². The van der Waals surface area contributed by atoms with Gasteiger partial charge in [0.1, 0.15) is 0 Å². The molecule has 1 saturated carbocycles. The molecule has 1 aliphatic heterocycles. The van der Waals surface area contributed by atoms with Gasteiger partial charge in [0.05, 0.1) is 10.4 Å². The number of rotatable bonds is 3. The van der Waals surface area contributed by atoms with Crippen molar-refractivity contribution in [3.63, 3.8) is 0 Å². The van der Waals surface area contributed by atoms with E-state index in [1.807, 2.05) is 11.8 Å². The van der Waals surface area contributed by atoms with E-state index in [2.05, 4.69) is 5.32 Å². The third-order valence-corrected chi connectivity index (χ3v) is 4.93. The zero-order valence-electron chi connectivity index (χ0n) is 8.62. The monoisotopic (exact) mass is 244 g/mol. The summed E-state index contributed by atoms with van der Waals surface area (Å²) in [6, 6.07) is 0.328. The van der Waals surface area contributed by atoms with Gasteiger partial charge in [-0.2, -0.15) is 11.8 Å². The zero-order valence-corrected chi connectivity index (χ0v) is 10.3. The molecule has 0 spiro atoms. The molecular weight excluding hydrogens is 228 g/mol. The lowest BCUT2D eigenvalue weighted by molar-refractivity contribution is -0.131. The minimum absolute atomic E-state index is 0.0637. The predicted octanol–water partition coefficient (Wildman–Crippen LogP) is 1.06. The lowest BCUT2D eigenvalue weighted by Crippen LogP contribution is -2.55. The number of amides is 1. The highest BCUT2D eigenvalue weighted by atomic mass is 32.2. The van der Waals surface area contributed by atoms with E-state index in [0.29, 0.717) is 11.0 Å². The molecular formula is C10H16N2OS2. The second-order valence-corrected chi connectivity index (χ2v) is 5.92. The molecule has 0 bridgehead atoms. The summed E-state index contributed by atoms with van der Waals surface area (Å²) >= 11 is 6.90. The normalized spacial score (nSPS) is 28.1. The summed E-state index contributed by atoms with van der Waals surface area (Å²) in [5, 5.41) is 3.08. The van der Waals surface area contributed by atoms with Gasteiger partial charge in [-0.3, -0.25) is 4.79 Å². The van der Waals surface area contributed by atoms with Crippen LogP contribution in [-0.4, -0.2) is 28.4 Å². The van der Waals surface area contributed by atoms with E-state index >= 15 is 0 Å². The highest BCUT2D eigenvalue weighted by Crippen LogP contribution is 2.41. The maximum atomic E-state index is 12.1. The molecule has 3 N–H and O–H groups in total. The van der Waals surface area contributed by atoms with E-state index in [1.165, 1.54) is 0 Å². The van der Waals surface area contributed by atoms with Gasteiger partial charge in [0.25, 0.3) is 0 Å². The van der Waals surface area contributed by atoms with E-state index in [-0.39, 0.29) is 5.91 Å². The van der Waals surface area contributed by atoms with E-state index in [4.69, 9.17) is 18.0 Å². The first-order valence-electron chi connectivity index (χ1n) is 5.34. The number of nitrogens with two attached hydrogens (primary N) is 1. The standard InChI is InChI=1S/C10H16N2OS2/c11-8(14)10(3-1-4-10)9(13)12-7-2-5-15-6-7/h7H,1-6H2,(H2,11,14)(H,12,13). The third-order valence-electron chi connectivity index (χ3n) is 3.38. The van der Waals surface area contributed by atoms with Gasteiger partial charge >= 0.3 is 0 Å². The fourth-order valence-electron chi connectivity index (χ4n) is 2.09. The number of thiocarbonyl (C=S) groups is 1. The number of thioether (sulfide) groups is 1. The Morgan fingerprint density at radius 2 is 2.27 bits per heavy atom. The molecule has 0 aromatic heterocycles. The molecule has 1 heterocycles. The Morgan fingerprint density at radius 3 is 2.67 bits per heavy atom. The molecule has 1 unspecified atom stereocenters. The van der Waals surface area contributed by atoms with Crippen molar-refractivity contribution in [2.24, 2.45) is 11.1 Å². The van der Waals surface area contributed by atoms with Crippen LogP contribution in [-0.2, 0) is 4.79 Å². The lowest BCUT2D eigenvalue weighted by Gasteiger charge is -2.39. The van der Waals surface area contributed by atoms with Gasteiger partial charge in [-0.1, -0.05) is 18.6 Å². The molecule has 1 saturated heterocycles. The fourth-order valence-corrected chi connectivity index (χ4v) is 3.54. The van der Waals surface area contributed by atoms with Gasteiger partial charge < -0.3 is 11.1 Å². The summed E-state index contributed by atoms with van der Waals surface area (Å²) in [5.41, 5.74) is 5.16. The number of hydrogen-bond donors (Lipinski definition) is 2. The second-order valence-electron chi connectivity index (χ2n) is 4.33. The van der Waals surface area contributed by atoms with Gasteiger partial charge in [0.2, 0.25) is 5.91 Å². The number of carbonyl (C=O) groups is 1. The highest BCUT2D eigenvalue weighted by molar-refractivity contribution is 7.99. The molecule has 3 nitrogen and oxygen atoms in total. The molecule has 15 heavy (non-hydrogen) atoms. The molecule has 1 amide bonds. The van der Waals surface area contributed by atoms with Crippen LogP contribution < -0.4 is 11.1 Å².